The highest BCUT2D eigenvalue weighted by Gasteiger charge is 2.11. The average molecular weight is 339 g/mol. The summed E-state index contributed by atoms with van der Waals surface area (Å²) in [5.41, 5.74) is 1.19. The van der Waals surface area contributed by atoms with Crippen molar-refractivity contribution in [3.05, 3.63) is 22.2 Å². The molecule has 1 aromatic carbocycles. The van der Waals surface area contributed by atoms with Crippen LogP contribution in [0.5, 0.6) is 11.5 Å². The molecule has 1 aromatic rings. The number of ether oxygens (including phenoxy) is 2. The maximum absolute atomic E-state index is 5.61. The van der Waals surface area contributed by atoms with Crippen LogP contribution in [0.4, 0.5) is 0 Å². The molecule has 0 saturated heterocycles. The van der Waals surface area contributed by atoms with Crippen molar-refractivity contribution in [2.45, 2.75) is 27.3 Å². The fourth-order valence-electron chi connectivity index (χ4n) is 1.54. The van der Waals surface area contributed by atoms with E-state index in [0.717, 1.165) is 29.1 Å². The van der Waals surface area contributed by atoms with E-state index in [0.29, 0.717) is 13.2 Å². The molecule has 0 unspecified atom stereocenters. The maximum atomic E-state index is 5.61. The Morgan fingerprint density at radius 1 is 1.11 bits per heavy atom. The zero-order chi connectivity index (χ0) is 12.7. The SMILES string of the molecule is CCNCc1cc(Br)c(OCC)c(OCC)c1.Cl. The third-order valence-electron chi connectivity index (χ3n) is 2.24. The van der Waals surface area contributed by atoms with Gasteiger partial charge in [-0.25, -0.2) is 0 Å². The third-order valence-corrected chi connectivity index (χ3v) is 2.83. The Balaban J connectivity index is 0.00000289. The number of halogens is 2. The fraction of sp³-hybridized carbons (Fsp3) is 0.538. The van der Waals surface area contributed by atoms with Crippen LogP contribution < -0.4 is 14.8 Å². The Morgan fingerprint density at radius 2 is 1.78 bits per heavy atom. The lowest BCUT2D eigenvalue weighted by atomic mass is 10.2. The summed E-state index contributed by atoms with van der Waals surface area (Å²) in [4.78, 5) is 0. The molecule has 0 aromatic heterocycles. The molecule has 0 radical (unpaired) electrons. The second-order valence-electron chi connectivity index (χ2n) is 3.55. The van der Waals surface area contributed by atoms with E-state index in [1.165, 1.54) is 5.56 Å². The molecule has 3 nitrogen and oxygen atoms in total. The topological polar surface area (TPSA) is 30.5 Å². The predicted molar refractivity (Wildman–Crippen MR) is 81.1 cm³/mol. The van der Waals surface area contributed by atoms with Crippen molar-refractivity contribution < 1.29 is 9.47 Å². The summed E-state index contributed by atoms with van der Waals surface area (Å²) in [5.74, 6) is 1.59. The van der Waals surface area contributed by atoms with Crippen molar-refractivity contribution >= 4 is 28.3 Å². The van der Waals surface area contributed by atoms with Crippen LogP contribution in [0.15, 0.2) is 16.6 Å². The van der Waals surface area contributed by atoms with Crippen LogP contribution in [0.25, 0.3) is 0 Å². The van der Waals surface area contributed by atoms with Gasteiger partial charge in [0, 0.05) is 6.54 Å². The molecule has 0 heterocycles. The lowest BCUT2D eigenvalue weighted by Gasteiger charge is -2.14. The first-order valence-electron chi connectivity index (χ1n) is 6.01. The van der Waals surface area contributed by atoms with Crippen molar-refractivity contribution in [1.29, 1.82) is 0 Å². The largest absolute Gasteiger partial charge is 0.490 e. The number of benzene rings is 1. The van der Waals surface area contributed by atoms with E-state index < -0.39 is 0 Å². The average Bonchev–Trinajstić information content (AvgIpc) is 2.31. The highest BCUT2D eigenvalue weighted by Crippen LogP contribution is 2.36. The first-order chi connectivity index (χ1) is 8.22. The zero-order valence-electron chi connectivity index (χ0n) is 11.1. The molecule has 0 bridgehead atoms. The summed E-state index contributed by atoms with van der Waals surface area (Å²) < 4.78 is 12.1. The lowest BCUT2D eigenvalue weighted by molar-refractivity contribution is 0.286. The molecule has 0 amide bonds. The third kappa shape index (κ3) is 5.04. The first kappa shape index (κ1) is 17.6. The molecule has 5 heteroatoms. The summed E-state index contributed by atoms with van der Waals surface area (Å²) in [6.07, 6.45) is 0. The Kier molecular flexibility index (Phi) is 9.24. The number of rotatable bonds is 7. The van der Waals surface area contributed by atoms with Gasteiger partial charge in [-0.3, -0.25) is 0 Å². The molecule has 0 aliphatic rings. The Morgan fingerprint density at radius 3 is 2.33 bits per heavy atom. The highest BCUT2D eigenvalue weighted by molar-refractivity contribution is 9.10. The van der Waals surface area contributed by atoms with E-state index in [9.17, 15) is 0 Å². The summed E-state index contributed by atoms with van der Waals surface area (Å²) in [5, 5.41) is 3.30. The van der Waals surface area contributed by atoms with Gasteiger partial charge in [-0.2, -0.15) is 0 Å². The molecule has 104 valence electrons. The van der Waals surface area contributed by atoms with Crippen molar-refractivity contribution in [1.82, 2.24) is 5.32 Å². The van der Waals surface area contributed by atoms with Gasteiger partial charge < -0.3 is 14.8 Å². The van der Waals surface area contributed by atoms with E-state index in [4.69, 9.17) is 9.47 Å². The zero-order valence-corrected chi connectivity index (χ0v) is 13.5. The second-order valence-corrected chi connectivity index (χ2v) is 4.41. The van der Waals surface area contributed by atoms with Gasteiger partial charge in [-0.15, -0.1) is 12.4 Å². The molecule has 1 N–H and O–H groups in total. The lowest BCUT2D eigenvalue weighted by Crippen LogP contribution is -2.12. The van der Waals surface area contributed by atoms with Crippen LogP contribution in [0.1, 0.15) is 26.3 Å². The second kappa shape index (κ2) is 9.48. The molecule has 0 fully saturated rings. The fourth-order valence-corrected chi connectivity index (χ4v) is 2.14. The normalized spacial score (nSPS) is 9.78. The minimum atomic E-state index is 0. The van der Waals surface area contributed by atoms with Crippen molar-refractivity contribution in [2.24, 2.45) is 0 Å². The van der Waals surface area contributed by atoms with Gasteiger partial charge in [0.25, 0.3) is 0 Å². The molecular formula is C13H21BrClNO2. The summed E-state index contributed by atoms with van der Waals surface area (Å²) in [6.45, 7) is 9.08. The van der Waals surface area contributed by atoms with Crippen LogP contribution in [-0.4, -0.2) is 19.8 Å². The Labute approximate surface area is 124 Å². The number of nitrogens with one attached hydrogen (secondary N) is 1. The van der Waals surface area contributed by atoms with Gasteiger partial charge in [0.2, 0.25) is 0 Å². The predicted octanol–water partition coefficient (Wildman–Crippen LogP) is 3.78. The van der Waals surface area contributed by atoms with E-state index in [-0.39, 0.29) is 12.4 Å². The molecule has 0 spiro atoms. The van der Waals surface area contributed by atoms with Crippen molar-refractivity contribution in [2.75, 3.05) is 19.8 Å². The van der Waals surface area contributed by atoms with Crippen LogP contribution in [0, 0.1) is 0 Å². The van der Waals surface area contributed by atoms with E-state index >= 15 is 0 Å². The van der Waals surface area contributed by atoms with E-state index in [1.54, 1.807) is 0 Å². The Bertz CT molecular complexity index is 361. The summed E-state index contributed by atoms with van der Waals surface area (Å²) in [7, 11) is 0. The van der Waals surface area contributed by atoms with Gasteiger partial charge in [0.1, 0.15) is 0 Å². The summed E-state index contributed by atoms with van der Waals surface area (Å²) in [6, 6.07) is 4.10. The van der Waals surface area contributed by atoms with Crippen molar-refractivity contribution in [3.63, 3.8) is 0 Å². The van der Waals surface area contributed by atoms with Crippen LogP contribution >= 0.6 is 28.3 Å². The molecule has 0 aliphatic heterocycles. The standard InChI is InChI=1S/C13H20BrNO2.ClH/c1-4-15-9-10-7-11(14)13(17-6-3)12(8-10)16-5-2;/h7-8,15H,4-6,9H2,1-3H3;1H. The summed E-state index contributed by atoms with van der Waals surface area (Å²) >= 11 is 3.53. The van der Waals surface area contributed by atoms with Gasteiger partial charge in [0.15, 0.2) is 11.5 Å². The monoisotopic (exact) mass is 337 g/mol. The molecule has 0 aliphatic carbocycles. The quantitative estimate of drug-likeness (QED) is 0.821. The van der Waals surface area contributed by atoms with Gasteiger partial charge in [-0.05, 0) is 54.0 Å². The van der Waals surface area contributed by atoms with Crippen LogP contribution in [0.2, 0.25) is 0 Å². The van der Waals surface area contributed by atoms with E-state index in [2.05, 4.69) is 34.2 Å². The smallest absolute Gasteiger partial charge is 0.175 e. The van der Waals surface area contributed by atoms with Gasteiger partial charge >= 0.3 is 0 Å². The number of hydrogen-bond acceptors (Lipinski definition) is 3. The van der Waals surface area contributed by atoms with Crippen LogP contribution in [-0.2, 0) is 6.54 Å². The van der Waals surface area contributed by atoms with Gasteiger partial charge in [0.05, 0.1) is 17.7 Å². The van der Waals surface area contributed by atoms with Crippen LogP contribution in [0.3, 0.4) is 0 Å². The molecule has 0 saturated carbocycles. The Hall–Kier alpha value is -0.450. The minimum absolute atomic E-state index is 0. The van der Waals surface area contributed by atoms with E-state index in [1.807, 2.05) is 19.9 Å². The highest BCUT2D eigenvalue weighted by atomic mass is 79.9. The molecule has 0 atom stereocenters. The molecule has 1 rings (SSSR count). The van der Waals surface area contributed by atoms with Crippen molar-refractivity contribution in [3.8, 4) is 11.5 Å². The molecular weight excluding hydrogens is 318 g/mol. The first-order valence-corrected chi connectivity index (χ1v) is 6.80. The number of hydrogen-bond donors (Lipinski definition) is 1. The maximum Gasteiger partial charge on any atom is 0.175 e. The molecule has 18 heavy (non-hydrogen) atoms. The van der Waals surface area contributed by atoms with Gasteiger partial charge in [-0.1, -0.05) is 6.92 Å². The minimum Gasteiger partial charge on any atom is -0.490 e.